The minimum Gasteiger partial charge on any atom is -0.465 e. The van der Waals surface area contributed by atoms with Crippen LogP contribution in [0.1, 0.15) is 33.2 Å². The zero-order valence-electron chi connectivity index (χ0n) is 17.2. The number of halogens is 1. The van der Waals surface area contributed by atoms with E-state index in [1.165, 1.54) is 30.1 Å². The Bertz CT molecular complexity index is 1390. The quantitative estimate of drug-likeness (QED) is 0.267. The highest BCUT2D eigenvalue weighted by Gasteiger charge is 2.24. The standard InChI is InChI=1S/C24H18BrNO5S/c1-3-13-4-6-14(7-5-13)18-12-32-22(20(18)24(29)30-2)26-21(27)17-11-15-10-16(25)8-9-19(15)31-23(17)28/h4-12H,3H2,1-2H3,(H,26,27). The third-order valence-corrected chi connectivity index (χ3v) is 6.41. The van der Waals surface area contributed by atoms with Crippen molar-refractivity contribution in [3.63, 3.8) is 0 Å². The van der Waals surface area contributed by atoms with Gasteiger partial charge in [0.05, 0.1) is 7.11 Å². The number of ether oxygens (including phenoxy) is 1. The van der Waals surface area contributed by atoms with Crippen LogP contribution in [0.2, 0.25) is 0 Å². The van der Waals surface area contributed by atoms with E-state index in [1.807, 2.05) is 24.3 Å². The second-order valence-corrected chi connectivity index (χ2v) is 8.77. The van der Waals surface area contributed by atoms with Crippen LogP contribution in [0.4, 0.5) is 5.00 Å². The highest BCUT2D eigenvalue weighted by molar-refractivity contribution is 9.10. The number of esters is 1. The second kappa shape index (κ2) is 9.10. The first-order valence-corrected chi connectivity index (χ1v) is 11.4. The molecular formula is C24H18BrNO5S. The summed E-state index contributed by atoms with van der Waals surface area (Å²) in [7, 11) is 1.28. The maximum Gasteiger partial charge on any atom is 0.349 e. The summed E-state index contributed by atoms with van der Waals surface area (Å²) in [5.74, 6) is -1.24. The summed E-state index contributed by atoms with van der Waals surface area (Å²) in [6, 6.07) is 14.4. The number of benzene rings is 2. The molecule has 4 aromatic rings. The number of nitrogens with one attached hydrogen (secondary N) is 1. The maximum absolute atomic E-state index is 12.9. The van der Waals surface area contributed by atoms with Gasteiger partial charge in [-0.1, -0.05) is 47.1 Å². The van der Waals surface area contributed by atoms with E-state index in [0.717, 1.165) is 16.5 Å². The third-order valence-electron chi connectivity index (χ3n) is 5.02. The third kappa shape index (κ3) is 4.24. The molecule has 0 aliphatic heterocycles. The summed E-state index contributed by atoms with van der Waals surface area (Å²) in [4.78, 5) is 37.9. The first-order valence-electron chi connectivity index (χ1n) is 9.75. The lowest BCUT2D eigenvalue weighted by Gasteiger charge is -2.08. The fraction of sp³-hybridized carbons (Fsp3) is 0.125. The van der Waals surface area contributed by atoms with E-state index in [-0.39, 0.29) is 11.1 Å². The van der Waals surface area contributed by atoms with Gasteiger partial charge in [-0.15, -0.1) is 11.3 Å². The SMILES string of the molecule is CCc1ccc(-c2csc(NC(=O)c3cc4cc(Br)ccc4oc3=O)c2C(=O)OC)cc1. The molecular weight excluding hydrogens is 494 g/mol. The molecule has 0 spiro atoms. The van der Waals surface area contributed by atoms with Gasteiger partial charge in [0.25, 0.3) is 5.91 Å². The number of hydrogen-bond acceptors (Lipinski definition) is 6. The van der Waals surface area contributed by atoms with Crippen LogP contribution in [0.5, 0.6) is 0 Å². The Balaban J connectivity index is 1.72. The van der Waals surface area contributed by atoms with Gasteiger partial charge in [0.15, 0.2) is 0 Å². The minimum absolute atomic E-state index is 0.159. The molecule has 2 aromatic heterocycles. The number of amides is 1. The molecule has 0 radical (unpaired) electrons. The fourth-order valence-corrected chi connectivity index (χ4v) is 4.64. The molecule has 0 aliphatic rings. The zero-order chi connectivity index (χ0) is 22.8. The maximum atomic E-state index is 12.9. The average Bonchev–Trinajstić information content (AvgIpc) is 3.21. The number of carbonyl (C=O) groups excluding carboxylic acids is 2. The van der Waals surface area contributed by atoms with E-state index in [1.54, 1.807) is 23.6 Å². The molecule has 4 rings (SSSR count). The Morgan fingerprint density at radius 3 is 2.56 bits per heavy atom. The van der Waals surface area contributed by atoms with Crippen LogP contribution in [0.3, 0.4) is 0 Å². The van der Waals surface area contributed by atoms with Crippen molar-refractivity contribution in [3.05, 3.63) is 85.5 Å². The van der Waals surface area contributed by atoms with Crippen molar-refractivity contribution in [2.45, 2.75) is 13.3 Å². The van der Waals surface area contributed by atoms with Gasteiger partial charge in [-0.3, -0.25) is 4.79 Å². The van der Waals surface area contributed by atoms with Crippen molar-refractivity contribution in [3.8, 4) is 11.1 Å². The van der Waals surface area contributed by atoms with Gasteiger partial charge in [-0.25, -0.2) is 9.59 Å². The number of hydrogen-bond donors (Lipinski definition) is 1. The Morgan fingerprint density at radius 1 is 1.12 bits per heavy atom. The van der Waals surface area contributed by atoms with Crippen molar-refractivity contribution in [2.75, 3.05) is 12.4 Å². The molecule has 0 saturated carbocycles. The number of thiophene rings is 1. The van der Waals surface area contributed by atoms with Crippen molar-refractivity contribution < 1.29 is 18.7 Å². The van der Waals surface area contributed by atoms with Crippen LogP contribution in [0.25, 0.3) is 22.1 Å². The van der Waals surface area contributed by atoms with Crippen LogP contribution in [0.15, 0.2) is 67.6 Å². The molecule has 6 nitrogen and oxygen atoms in total. The van der Waals surface area contributed by atoms with Crippen LogP contribution >= 0.6 is 27.3 Å². The lowest BCUT2D eigenvalue weighted by molar-refractivity contribution is 0.0603. The van der Waals surface area contributed by atoms with Gasteiger partial charge < -0.3 is 14.5 Å². The van der Waals surface area contributed by atoms with Gasteiger partial charge in [-0.2, -0.15) is 0 Å². The summed E-state index contributed by atoms with van der Waals surface area (Å²) in [5.41, 5.74) is 2.34. The molecule has 0 unspecified atom stereocenters. The van der Waals surface area contributed by atoms with Gasteiger partial charge in [0.1, 0.15) is 21.7 Å². The highest BCUT2D eigenvalue weighted by atomic mass is 79.9. The van der Waals surface area contributed by atoms with Crippen LogP contribution in [-0.2, 0) is 11.2 Å². The number of methoxy groups -OCH3 is 1. The van der Waals surface area contributed by atoms with Gasteiger partial charge in [0, 0.05) is 20.8 Å². The second-order valence-electron chi connectivity index (χ2n) is 6.98. The molecule has 0 saturated heterocycles. The summed E-state index contributed by atoms with van der Waals surface area (Å²) in [6.07, 6.45) is 0.903. The van der Waals surface area contributed by atoms with E-state index >= 15 is 0 Å². The smallest absolute Gasteiger partial charge is 0.349 e. The molecule has 32 heavy (non-hydrogen) atoms. The lowest BCUT2D eigenvalue weighted by Crippen LogP contribution is -2.21. The van der Waals surface area contributed by atoms with E-state index in [4.69, 9.17) is 9.15 Å². The van der Waals surface area contributed by atoms with E-state index in [0.29, 0.717) is 21.5 Å². The van der Waals surface area contributed by atoms with E-state index in [2.05, 4.69) is 28.2 Å². The number of anilines is 1. The molecule has 0 atom stereocenters. The Kier molecular flexibility index (Phi) is 6.25. The van der Waals surface area contributed by atoms with E-state index in [9.17, 15) is 14.4 Å². The zero-order valence-corrected chi connectivity index (χ0v) is 19.6. The summed E-state index contributed by atoms with van der Waals surface area (Å²) in [6.45, 7) is 2.06. The van der Waals surface area contributed by atoms with Crippen molar-refractivity contribution in [1.82, 2.24) is 0 Å². The molecule has 1 N–H and O–H groups in total. The number of fused-ring (bicyclic) bond motifs is 1. The summed E-state index contributed by atoms with van der Waals surface area (Å²) < 4.78 is 11.0. The predicted molar refractivity (Wildman–Crippen MR) is 129 cm³/mol. The van der Waals surface area contributed by atoms with Crippen molar-refractivity contribution in [2.24, 2.45) is 0 Å². The fourth-order valence-electron chi connectivity index (χ4n) is 3.31. The molecule has 0 fully saturated rings. The molecule has 0 bridgehead atoms. The largest absolute Gasteiger partial charge is 0.465 e. The Hall–Kier alpha value is -3.23. The normalized spacial score (nSPS) is 10.8. The molecule has 2 heterocycles. The topological polar surface area (TPSA) is 85.6 Å². The van der Waals surface area contributed by atoms with Crippen molar-refractivity contribution in [1.29, 1.82) is 0 Å². The molecule has 0 aliphatic carbocycles. The molecule has 2 aromatic carbocycles. The molecule has 1 amide bonds. The van der Waals surface area contributed by atoms with Crippen LogP contribution in [0, 0.1) is 0 Å². The minimum atomic E-state index is -0.760. The van der Waals surface area contributed by atoms with Gasteiger partial charge in [-0.05, 0) is 41.8 Å². The number of aryl methyl sites for hydroxylation is 1. The van der Waals surface area contributed by atoms with Crippen LogP contribution in [-0.4, -0.2) is 19.0 Å². The lowest BCUT2D eigenvalue weighted by atomic mass is 10.0. The molecule has 8 heteroatoms. The van der Waals surface area contributed by atoms with Crippen LogP contribution < -0.4 is 10.9 Å². The summed E-state index contributed by atoms with van der Waals surface area (Å²) in [5, 5.41) is 5.36. The number of carbonyl (C=O) groups is 2. The first kappa shape index (κ1) is 22.0. The van der Waals surface area contributed by atoms with Gasteiger partial charge >= 0.3 is 11.6 Å². The Morgan fingerprint density at radius 2 is 1.88 bits per heavy atom. The highest BCUT2D eigenvalue weighted by Crippen LogP contribution is 2.36. The van der Waals surface area contributed by atoms with E-state index < -0.39 is 17.5 Å². The average molecular weight is 512 g/mol. The Labute approximate surface area is 196 Å². The predicted octanol–water partition coefficient (Wildman–Crippen LogP) is 5.89. The summed E-state index contributed by atoms with van der Waals surface area (Å²) >= 11 is 4.55. The van der Waals surface area contributed by atoms with Crippen molar-refractivity contribution >= 4 is 55.1 Å². The van der Waals surface area contributed by atoms with Gasteiger partial charge in [0.2, 0.25) is 0 Å². The molecule has 162 valence electrons. The monoisotopic (exact) mass is 511 g/mol. The first-order chi connectivity index (χ1) is 15.4. The number of rotatable bonds is 5.